The van der Waals surface area contributed by atoms with Gasteiger partial charge >= 0.3 is 0 Å². The molecule has 1 saturated carbocycles. The van der Waals surface area contributed by atoms with Crippen LogP contribution in [0.25, 0.3) is 0 Å². The fourth-order valence-corrected chi connectivity index (χ4v) is 2.11. The number of nitriles is 1. The van der Waals surface area contributed by atoms with Gasteiger partial charge in [0, 0.05) is 16.3 Å². The van der Waals surface area contributed by atoms with Crippen LogP contribution in [0.1, 0.15) is 24.8 Å². The van der Waals surface area contributed by atoms with E-state index in [9.17, 15) is 0 Å². The quantitative estimate of drug-likeness (QED) is 0.824. The molecule has 3 heteroatoms. The zero-order chi connectivity index (χ0) is 11.4. The van der Waals surface area contributed by atoms with Crippen LogP contribution >= 0.6 is 15.9 Å². The van der Waals surface area contributed by atoms with Gasteiger partial charge < -0.3 is 4.74 Å². The first kappa shape index (κ1) is 11.6. The van der Waals surface area contributed by atoms with Gasteiger partial charge in [-0.15, -0.1) is 0 Å². The molecule has 0 heterocycles. The highest BCUT2D eigenvalue weighted by Crippen LogP contribution is 2.48. The molecule has 0 saturated heterocycles. The molecule has 16 heavy (non-hydrogen) atoms. The van der Waals surface area contributed by atoms with Gasteiger partial charge in [-0.3, -0.25) is 0 Å². The number of halogens is 1. The highest BCUT2D eigenvalue weighted by Gasteiger charge is 2.42. The van der Waals surface area contributed by atoms with E-state index in [1.165, 1.54) is 0 Å². The van der Waals surface area contributed by atoms with E-state index in [0.717, 1.165) is 22.9 Å². The predicted molar refractivity (Wildman–Crippen MR) is 65.7 cm³/mol. The molecule has 0 aromatic heterocycles. The Morgan fingerprint density at radius 2 is 2.12 bits per heavy atom. The summed E-state index contributed by atoms with van der Waals surface area (Å²) in [6, 6.07) is 10.3. The average molecular weight is 280 g/mol. The summed E-state index contributed by atoms with van der Waals surface area (Å²) in [6.45, 7) is 1.33. The number of hydrogen-bond acceptors (Lipinski definition) is 2. The number of ether oxygens (including phenoxy) is 1. The first-order valence-corrected chi connectivity index (χ1v) is 6.23. The van der Waals surface area contributed by atoms with Crippen LogP contribution in [0.15, 0.2) is 28.7 Å². The normalized spacial score (nSPS) is 16.8. The monoisotopic (exact) mass is 279 g/mol. The van der Waals surface area contributed by atoms with Crippen molar-refractivity contribution in [1.29, 1.82) is 5.26 Å². The summed E-state index contributed by atoms with van der Waals surface area (Å²) in [5.74, 6) is 0. The molecule has 1 aromatic rings. The Hall–Kier alpha value is -0.850. The lowest BCUT2D eigenvalue weighted by Gasteiger charge is -2.12. The molecular weight excluding hydrogens is 266 g/mol. The van der Waals surface area contributed by atoms with Crippen LogP contribution in [0, 0.1) is 16.7 Å². The van der Waals surface area contributed by atoms with Crippen LogP contribution in [0.4, 0.5) is 0 Å². The molecule has 0 spiro atoms. The third-order valence-electron chi connectivity index (χ3n) is 3.03. The summed E-state index contributed by atoms with van der Waals surface area (Å²) in [6.07, 6.45) is 2.90. The van der Waals surface area contributed by atoms with Gasteiger partial charge in [0.05, 0.1) is 19.3 Å². The molecule has 1 aliphatic carbocycles. The van der Waals surface area contributed by atoms with Gasteiger partial charge in [0.25, 0.3) is 0 Å². The van der Waals surface area contributed by atoms with E-state index in [1.807, 2.05) is 24.3 Å². The van der Waals surface area contributed by atoms with E-state index in [4.69, 9.17) is 10.00 Å². The van der Waals surface area contributed by atoms with Crippen LogP contribution in [-0.2, 0) is 11.3 Å². The SMILES string of the molecule is N#CCC1(COCc2ccccc2Br)CC1. The Kier molecular flexibility index (Phi) is 3.63. The highest BCUT2D eigenvalue weighted by atomic mass is 79.9. The van der Waals surface area contributed by atoms with Crippen LogP contribution in [0.5, 0.6) is 0 Å². The largest absolute Gasteiger partial charge is 0.376 e. The van der Waals surface area contributed by atoms with E-state index < -0.39 is 0 Å². The third kappa shape index (κ3) is 2.84. The van der Waals surface area contributed by atoms with Crippen molar-refractivity contribution in [2.45, 2.75) is 25.9 Å². The smallest absolute Gasteiger partial charge is 0.0728 e. The molecule has 0 radical (unpaired) electrons. The molecule has 1 aromatic carbocycles. The van der Waals surface area contributed by atoms with Crippen molar-refractivity contribution in [1.82, 2.24) is 0 Å². The second kappa shape index (κ2) is 4.99. The minimum absolute atomic E-state index is 0.177. The lowest BCUT2D eigenvalue weighted by atomic mass is 10.1. The molecule has 0 bridgehead atoms. The van der Waals surface area contributed by atoms with E-state index in [-0.39, 0.29) is 5.41 Å². The number of nitrogens with zero attached hydrogens (tertiary/aromatic N) is 1. The lowest BCUT2D eigenvalue weighted by Crippen LogP contribution is -2.09. The fourth-order valence-electron chi connectivity index (χ4n) is 1.71. The van der Waals surface area contributed by atoms with Crippen molar-refractivity contribution >= 4 is 15.9 Å². The fraction of sp³-hybridized carbons (Fsp3) is 0.462. The second-order valence-electron chi connectivity index (χ2n) is 4.42. The number of rotatable bonds is 5. The zero-order valence-corrected chi connectivity index (χ0v) is 10.7. The topological polar surface area (TPSA) is 33.0 Å². The summed E-state index contributed by atoms with van der Waals surface area (Å²) in [5.41, 5.74) is 1.34. The zero-order valence-electron chi connectivity index (χ0n) is 9.08. The van der Waals surface area contributed by atoms with Gasteiger partial charge in [-0.25, -0.2) is 0 Å². The average Bonchev–Trinajstić information content (AvgIpc) is 3.02. The number of hydrogen-bond donors (Lipinski definition) is 0. The molecule has 1 fully saturated rings. The van der Waals surface area contributed by atoms with Crippen LogP contribution in [0.2, 0.25) is 0 Å². The third-order valence-corrected chi connectivity index (χ3v) is 3.81. The van der Waals surface area contributed by atoms with Crippen molar-refractivity contribution in [2.75, 3.05) is 6.61 Å². The summed E-state index contributed by atoms with van der Waals surface area (Å²) < 4.78 is 6.78. The van der Waals surface area contributed by atoms with E-state index in [1.54, 1.807) is 0 Å². The predicted octanol–water partition coefficient (Wildman–Crippen LogP) is 3.66. The van der Waals surface area contributed by atoms with E-state index in [0.29, 0.717) is 19.6 Å². The Morgan fingerprint density at radius 1 is 1.38 bits per heavy atom. The molecule has 0 N–H and O–H groups in total. The molecule has 0 atom stereocenters. The maximum atomic E-state index is 8.69. The molecule has 2 nitrogen and oxygen atoms in total. The van der Waals surface area contributed by atoms with Crippen LogP contribution < -0.4 is 0 Å². The van der Waals surface area contributed by atoms with Gasteiger partial charge in [0.1, 0.15) is 0 Å². The minimum atomic E-state index is 0.177. The van der Waals surface area contributed by atoms with Gasteiger partial charge in [-0.2, -0.15) is 5.26 Å². The van der Waals surface area contributed by atoms with Crippen molar-refractivity contribution in [3.05, 3.63) is 34.3 Å². The van der Waals surface area contributed by atoms with Crippen molar-refractivity contribution < 1.29 is 4.74 Å². The summed E-state index contributed by atoms with van der Waals surface area (Å²) >= 11 is 3.49. The first-order chi connectivity index (χ1) is 7.76. The van der Waals surface area contributed by atoms with E-state index in [2.05, 4.69) is 22.0 Å². The van der Waals surface area contributed by atoms with Crippen LogP contribution in [-0.4, -0.2) is 6.61 Å². The molecule has 84 valence electrons. The van der Waals surface area contributed by atoms with Crippen molar-refractivity contribution in [3.63, 3.8) is 0 Å². The maximum absolute atomic E-state index is 8.69. The summed E-state index contributed by atoms with van der Waals surface area (Å²) in [4.78, 5) is 0. The van der Waals surface area contributed by atoms with Gasteiger partial charge in [0.15, 0.2) is 0 Å². The Bertz CT molecular complexity index is 407. The molecule has 0 amide bonds. The summed E-state index contributed by atoms with van der Waals surface area (Å²) in [5, 5.41) is 8.69. The molecular formula is C13H14BrNO. The standard InChI is InChI=1S/C13H14BrNO/c14-12-4-2-1-3-11(12)9-16-10-13(5-6-13)7-8-15/h1-4H,5-7,9-10H2. The maximum Gasteiger partial charge on any atom is 0.0728 e. The molecule has 0 unspecified atom stereocenters. The molecule has 2 rings (SSSR count). The molecule has 1 aliphatic rings. The van der Waals surface area contributed by atoms with Gasteiger partial charge in [-0.1, -0.05) is 34.1 Å². The first-order valence-electron chi connectivity index (χ1n) is 5.44. The lowest BCUT2D eigenvalue weighted by molar-refractivity contribution is 0.0792. The number of benzene rings is 1. The Labute approximate surface area is 104 Å². The minimum Gasteiger partial charge on any atom is -0.376 e. The Balaban J connectivity index is 1.81. The Morgan fingerprint density at radius 3 is 2.75 bits per heavy atom. The summed E-state index contributed by atoms with van der Waals surface area (Å²) in [7, 11) is 0. The van der Waals surface area contributed by atoms with E-state index >= 15 is 0 Å². The molecule has 0 aliphatic heterocycles. The van der Waals surface area contributed by atoms with Crippen molar-refractivity contribution in [2.24, 2.45) is 5.41 Å². The van der Waals surface area contributed by atoms with Crippen molar-refractivity contribution in [3.8, 4) is 6.07 Å². The van der Waals surface area contributed by atoms with Crippen LogP contribution in [0.3, 0.4) is 0 Å². The highest BCUT2D eigenvalue weighted by molar-refractivity contribution is 9.10. The van der Waals surface area contributed by atoms with Gasteiger partial charge in [-0.05, 0) is 24.5 Å². The second-order valence-corrected chi connectivity index (χ2v) is 5.27. The van der Waals surface area contributed by atoms with Gasteiger partial charge in [0.2, 0.25) is 0 Å².